The van der Waals surface area contributed by atoms with Crippen molar-refractivity contribution in [3.8, 4) is 0 Å². The molecule has 0 atom stereocenters. The molecule has 3 rings (SSSR count). The fourth-order valence-corrected chi connectivity index (χ4v) is 2.76. The number of allylic oxidation sites excluding steroid dienone is 1. The van der Waals surface area contributed by atoms with Gasteiger partial charge >= 0.3 is 0 Å². The summed E-state index contributed by atoms with van der Waals surface area (Å²) in [5.41, 5.74) is 0.809. The van der Waals surface area contributed by atoms with Crippen molar-refractivity contribution in [2.24, 2.45) is 0 Å². The quantitative estimate of drug-likeness (QED) is 0.878. The number of anilines is 2. The van der Waals surface area contributed by atoms with Crippen LogP contribution < -0.4 is 10.2 Å². The lowest BCUT2D eigenvalue weighted by Crippen LogP contribution is -2.19. The van der Waals surface area contributed by atoms with E-state index in [0.29, 0.717) is 0 Å². The van der Waals surface area contributed by atoms with Crippen molar-refractivity contribution in [3.05, 3.63) is 42.6 Å². The maximum atomic E-state index is 11.6. The van der Waals surface area contributed by atoms with Gasteiger partial charge in [0.1, 0.15) is 5.82 Å². The van der Waals surface area contributed by atoms with Crippen molar-refractivity contribution in [2.45, 2.75) is 19.8 Å². The van der Waals surface area contributed by atoms with Gasteiger partial charge in [0.15, 0.2) is 0 Å². The number of nitrogens with zero attached hydrogens (tertiary/aromatic N) is 2. The summed E-state index contributed by atoms with van der Waals surface area (Å²) >= 11 is 0. The third kappa shape index (κ3) is 2.89. The van der Waals surface area contributed by atoms with Gasteiger partial charge in [-0.25, -0.2) is 4.98 Å². The van der Waals surface area contributed by atoms with Crippen molar-refractivity contribution in [3.63, 3.8) is 0 Å². The van der Waals surface area contributed by atoms with Gasteiger partial charge in [0.25, 0.3) is 0 Å². The fourth-order valence-electron chi connectivity index (χ4n) is 2.76. The van der Waals surface area contributed by atoms with Gasteiger partial charge in [-0.3, -0.25) is 4.79 Å². The number of fused-ring (bicyclic) bond motifs is 1. The van der Waals surface area contributed by atoms with Crippen LogP contribution in [0, 0.1) is 0 Å². The summed E-state index contributed by atoms with van der Waals surface area (Å²) in [5, 5.41) is 5.11. The van der Waals surface area contributed by atoms with E-state index in [-0.39, 0.29) is 5.91 Å². The maximum Gasteiger partial charge on any atom is 0.248 e. The number of hydrogen-bond acceptors (Lipinski definition) is 3. The van der Waals surface area contributed by atoms with E-state index in [9.17, 15) is 4.79 Å². The van der Waals surface area contributed by atoms with Crippen LogP contribution in [0.1, 0.15) is 19.8 Å². The molecule has 1 saturated heterocycles. The van der Waals surface area contributed by atoms with Gasteiger partial charge in [-0.1, -0.05) is 6.08 Å². The second-order valence-electron chi connectivity index (χ2n) is 5.25. The van der Waals surface area contributed by atoms with Gasteiger partial charge in [-0.05, 0) is 55.5 Å². The van der Waals surface area contributed by atoms with Crippen molar-refractivity contribution in [1.29, 1.82) is 0 Å². The molecule has 0 spiro atoms. The fraction of sp³-hybridized carbons (Fsp3) is 0.294. The summed E-state index contributed by atoms with van der Waals surface area (Å²) in [4.78, 5) is 18.5. The minimum absolute atomic E-state index is 0.106. The van der Waals surface area contributed by atoms with Crippen molar-refractivity contribution >= 4 is 28.2 Å². The van der Waals surface area contributed by atoms with Crippen LogP contribution in [-0.4, -0.2) is 24.0 Å². The van der Waals surface area contributed by atoms with Crippen LogP contribution in [0.4, 0.5) is 11.5 Å². The summed E-state index contributed by atoms with van der Waals surface area (Å²) < 4.78 is 0. The molecule has 1 aromatic heterocycles. The lowest BCUT2D eigenvalue weighted by atomic mass is 10.1. The number of rotatable bonds is 3. The maximum absolute atomic E-state index is 11.6. The zero-order valence-corrected chi connectivity index (χ0v) is 12.2. The summed E-state index contributed by atoms with van der Waals surface area (Å²) in [6.45, 7) is 3.98. The van der Waals surface area contributed by atoms with Crippen molar-refractivity contribution < 1.29 is 4.79 Å². The Morgan fingerprint density at radius 3 is 2.86 bits per heavy atom. The molecule has 1 fully saturated rings. The second kappa shape index (κ2) is 5.95. The van der Waals surface area contributed by atoms with E-state index in [1.807, 2.05) is 37.4 Å². The summed E-state index contributed by atoms with van der Waals surface area (Å²) in [5.74, 6) is 0.946. The molecule has 1 aliphatic rings. The number of aromatic nitrogens is 1. The van der Waals surface area contributed by atoms with E-state index in [1.54, 1.807) is 6.08 Å². The monoisotopic (exact) mass is 281 g/mol. The number of hydrogen-bond donors (Lipinski definition) is 1. The molecular formula is C17H19N3O. The molecule has 108 valence electrons. The molecule has 0 radical (unpaired) electrons. The predicted molar refractivity (Wildman–Crippen MR) is 86.6 cm³/mol. The van der Waals surface area contributed by atoms with Crippen LogP contribution in [0.3, 0.4) is 0 Å². The Morgan fingerprint density at radius 1 is 1.29 bits per heavy atom. The Labute approximate surface area is 124 Å². The van der Waals surface area contributed by atoms with Crippen LogP contribution in [0.15, 0.2) is 42.6 Å². The first-order valence-corrected chi connectivity index (χ1v) is 7.35. The van der Waals surface area contributed by atoms with Crippen molar-refractivity contribution in [2.75, 3.05) is 23.3 Å². The Bertz CT molecular complexity index is 687. The first-order chi connectivity index (χ1) is 10.3. The Hall–Kier alpha value is -2.36. The molecule has 0 bridgehead atoms. The molecule has 0 unspecified atom stereocenters. The summed E-state index contributed by atoms with van der Waals surface area (Å²) in [7, 11) is 0. The van der Waals surface area contributed by atoms with Crippen LogP contribution in [0.5, 0.6) is 0 Å². The summed E-state index contributed by atoms with van der Waals surface area (Å²) in [6, 6.07) is 7.96. The lowest BCUT2D eigenvalue weighted by molar-refractivity contribution is -0.111. The van der Waals surface area contributed by atoms with Gasteiger partial charge in [0, 0.05) is 30.4 Å². The van der Waals surface area contributed by atoms with Crippen LogP contribution in [0.2, 0.25) is 0 Å². The predicted octanol–water partition coefficient (Wildman–Crippen LogP) is 3.35. The summed E-state index contributed by atoms with van der Waals surface area (Å²) in [6.07, 6.45) is 7.55. The van der Waals surface area contributed by atoms with E-state index in [1.165, 1.54) is 18.9 Å². The molecule has 2 heterocycles. The molecule has 1 aromatic carbocycles. The topological polar surface area (TPSA) is 45.2 Å². The van der Waals surface area contributed by atoms with E-state index in [4.69, 9.17) is 0 Å². The normalized spacial score (nSPS) is 15.0. The lowest BCUT2D eigenvalue weighted by Gasteiger charge is -2.18. The highest BCUT2D eigenvalue weighted by Crippen LogP contribution is 2.28. The molecule has 2 aromatic rings. The highest BCUT2D eigenvalue weighted by atomic mass is 16.1. The Kier molecular flexibility index (Phi) is 3.86. The van der Waals surface area contributed by atoms with Crippen LogP contribution in [-0.2, 0) is 4.79 Å². The van der Waals surface area contributed by atoms with Gasteiger partial charge in [-0.2, -0.15) is 0 Å². The number of carbonyl (C=O) groups excluding carboxylic acids is 1. The number of amides is 1. The van der Waals surface area contributed by atoms with E-state index in [0.717, 1.165) is 35.4 Å². The van der Waals surface area contributed by atoms with Gasteiger partial charge in [0.05, 0.1) is 0 Å². The van der Waals surface area contributed by atoms with Gasteiger partial charge in [0.2, 0.25) is 5.91 Å². The smallest absolute Gasteiger partial charge is 0.248 e. The average Bonchev–Trinajstić information content (AvgIpc) is 3.00. The Morgan fingerprint density at radius 2 is 2.10 bits per heavy atom. The van der Waals surface area contributed by atoms with Crippen LogP contribution in [0.25, 0.3) is 10.8 Å². The number of pyridine rings is 1. The highest BCUT2D eigenvalue weighted by molar-refractivity contribution is 6.02. The minimum Gasteiger partial charge on any atom is -0.356 e. The van der Waals surface area contributed by atoms with E-state index in [2.05, 4.69) is 15.2 Å². The van der Waals surface area contributed by atoms with E-state index >= 15 is 0 Å². The molecule has 0 aliphatic carbocycles. The SMILES string of the molecule is C/C=C/C(=O)Nc1ccc2c(N3CCCC3)nccc2c1. The molecule has 1 aliphatic heterocycles. The van der Waals surface area contributed by atoms with Gasteiger partial charge < -0.3 is 10.2 Å². The first-order valence-electron chi connectivity index (χ1n) is 7.35. The molecule has 4 nitrogen and oxygen atoms in total. The minimum atomic E-state index is -0.106. The molecule has 21 heavy (non-hydrogen) atoms. The zero-order chi connectivity index (χ0) is 14.7. The third-order valence-electron chi connectivity index (χ3n) is 3.73. The number of nitrogens with one attached hydrogen (secondary N) is 1. The third-order valence-corrected chi connectivity index (χ3v) is 3.73. The number of carbonyl (C=O) groups is 1. The number of benzene rings is 1. The average molecular weight is 281 g/mol. The molecular weight excluding hydrogens is 262 g/mol. The first kappa shape index (κ1) is 13.6. The zero-order valence-electron chi connectivity index (χ0n) is 12.2. The van der Waals surface area contributed by atoms with E-state index < -0.39 is 0 Å². The Balaban J connectivity index is 1.93. The van der Waals surface area contributed by atoms with Gasteiger partial charge in [-0.15, -0.1) is 0 Å². The van der Waals surface area contributed by atoms with Crippen LogP contribution >= 0.6 is 0 Å². The largest absolute Gasteiger partial charge is 0.356 e. The molecule has 4 heteroatoms. The highest BCUT2D eigenvalue weighted by Gasteiger charge is 2.16. The molecule has 0 saturated carbocycles. The molecule has 1 N–H and O–H groups in total. The second-order valence-corrected chi connectivity index (χ2v) is 5.25. The molecule has 1 amide bonds. The van der Waals surface area contributed by atoms with Crippen molar-refractivity contribution in [1.82, 2.24) is 4.98 Å². The standard InChI is InChI=1S/C17H19N3O/c1-2-5-16(21)19-14-6-7-15-13(12-14)8-9-18-17(15)20-10-3-4-11-20/h2,5-9,12H,3-4,10-11H2,1H3,(H,19,21)/b5-2+.